The van der Waals surface area contributed by atoms with Crippen molar-refractivity contribution in [3.05, 3.63) is 0 Å². The summed E-state index contributed by atoms with van der Waals surface area (Å²) in [6, 6.07) is 0. The van der Waals surface area contributed by atoms with Gasteiger partial charge in [0.15, 0.2) is 17.9 Å². The van der Waals surface area contributed by atoms with Crippen molar-refractivity contribution in [3.8, 4) is 0 Å². The van der Waals surface area contributed by atoms with Crippen LogP contribution in [0.25, 0.3) is 0 Å². The molecule has 3 aliphatic rings. The molecule has 0 aliphatic carbocycles. The zero-order chi connectivity index (χ0) is 16.1. The minimum absolute atomic E-state index is 0.341. The number of carboxylic acids is 1. The van der Waals surface area contributed by atoms with Crippen LogP contribution in [0, 0.1) is 0 Å². The molecule has 3 aliphatic heterocycles. The van der Waals surface area contributed by atoms with Crippen molar-refractivity contribution >= 4 is 5.97 Å². The summed E-state index contributed by atoms with van der Waals surface area (Å²) >= 11 is 0. The molecule has 0 saturated carbocycles. The predicted molar refractivity (Wildman–Crippen MR) is 71.0 cm³/mol. The van der Waals surface area contributed by atoms with Crippen molar-refractivity contribution in [2.75, 3.05) is 13.2 Å². The maximum atomic E-state index is 10.8. The highest BCUT2D eigenvalue weighted by molar-refractivity contribution is 5.68. The van der Waals surface area contributed by atoms with E-state index >= 15 is 0 Å². The van der Waals surface area contributed by atoms with Crippen LogP contribution in [0.3, 0.4) is 0 Å². The van der Waals surface area contributed by atoms with Gasteiger partial charge in [0.2, 0.25) is 0 Å². The molecule has 3 fully saturated rings. The number of aliphatic carboxylic acids is 1. The molecular weight excluding hydrogens is 296 g/mol. The Labute approximate surface area is 128 Å². The van der Waals surface area contributed by atoms with Crippen LogP contribution >= 0.6 is 0 Å². The molecule has 0 amide bonds. The third-order valence-electron chi connectivity index (χ3n) is 3.82. The van der Waals surface area contributed by atoms with Gasteiger partial charge in [-0.3, -0.25) is 0 Å². The van der Waals surface area contributed by atoms with Crippen LogP contribution in [0.2, 0.25) is 0 Å². The molecule has 1 N–H and O–H groups in total. The summed E-state index contributed by atoms with van der Waals surface area (Å²) in [5.41, 5.74) is 0. The second kappa shape index (κ2) is 5.40. The van der Waals surface area contributed by atoms with E-state index < -0.39 is 48.8 Å². The first-order valence-electron chi connectivity index (χ1n) is 7.33. The summed E-state index contributed by atoms with van der Waals surface area (Å²) in [7, 11) is 0. The normalized spacial score (nSPS) is 42.5. The summed E-state index contributed by atoms with van der Waals surface area (Å²) in [5, 5.41) is 8.86. The molecule has 0 radical (unpaired) electrons. The molecule has 8 nitrogen and oxygen atoms in total. The lowest BCUT2D eigenvalue weighted by Gasteiger charge is -2.28. The number of hydrogen-bond donors (Lipinski definition) is 1. The minimum atomic E-state index is -1.05. The van der Waals surface area contributed by atoms with Gasteiger partial charge in [0.05, 0.1) is 6.61 Å². The summed E-state index contributed by atoms with van der Waals surface area (Å²) < 4.78 is 34.2. The molecule has 3 heterocycles. The quantitative estimate of drug-likeness (QED) is 0.800. The Morgan fingerprint density at radius 2 is 1.86 bits per heavy atom. The summed E-state index contributed by atoms with van der Waals surface area (Å²) in [4.78, 5) is 10.8. The first-order chi connectivity index (χ1) is 10.2. The topological polar surface area (TPSA) is 92.7 Å². The fourth-order valence-corrected chi connectivity index (χ4v) is 3.04. The van der Waals surface area contributed by atoms with E-state index in [1.807, 2.05) is 13.8 Å². The van der Waals surface area contributed by atoms with Crippen LogP contribution in [-0.4, -0.2) is 66.6 Å². The van der Waals surface area contributed by atoms with Crippen molar-refractivity contribution in [2.24, 2.45) is 0 Å². The maximum absolute atomic E-state index is 10.8. The highest BCUT2D eigenvalue weighted by Crippen LogP contribution is 2.41. The molecule has 3 saturated heterocycles. The zero-order valence-corrected chi connectivity index (χ0v) is 13.1. The largest absolute Gasteiger partial charge is 0.480 e. The van der Waals surface area contributed by atoms with E-state index in [4.69, 9.17) is 33.5 Å². The van der Waals surface area contributed by atoms with E-state index in [2.05, 4.69) is 0 Å². The molecule has 126 valence electrons. The van der Waals surface area contributed by atoms with Gasteiger partial charge in [0.1, 0.15) is 31.0 Å². The number of hydrogen-bond acceptors (Lipinski definition) is 7. The molecule has 8 heteroatoms. The molecule has 0 bridgehead atoms. The Kier molecular flexibility index (Phi) is 3.95. The molecule has 5 atom stereocenters. The number of carbonyl (C=O) groups is 1. The van der Waals surface area contributed by atoms with Gasteiger partial charge in [-0.1, -0.05) is 0 Å². The van der Waals surface area contributed by atoms with Crippen LogP contribution in [0.5, 0.6) is 0 Å². The Morgan fingerprint density at radius 3 is 2.45 bits per heavy atom. The van der Waals surface area contributed by atoms with Gasteiger partial charge in [-0.15, -0.1) is 0 Å². The fraction of sp³-hybridized carbons (Fsp3) is 0.929. The fourth-order valence-electron chi connectivity index (χ4n) is 3.04. The minimum Gasteiger partial charge on any atom is -0.480 e. The van der Waals surface area contributed by atoms with Gasteiger partial charge in [0, 0.05) is 0 Å². The molecule has 0 spiro atoms. The molecule has 3 rings (SSSR count). The highest BCUT2D eigenvalue weighted by Gasteiger charge is 2.59. The van der Waals surface area contributed by atoms with Crippen molar-refractivity contribution in [2.45, 2.75) is 70.0 Å². The molecule has 22 heavy (non-hydrogen) atoms. The second-order valence-electron chi connectivity index (χ2n) is 6.61. The van der Waals surface area contributed by atoms with E-state index in [-0.39, 0.29) is 6.10 Å². The standard InChI is InChI=1S/C14H22O8/c1-13(2)18-5-7(20-13)9-10(17-6-8(15)16)11-12(19-9)22-14(3,4)21-11/h7,9-12H,5-6H2,1-4H3,(H,15,16)/t7?,9-,10+,11?,12?/m1/s1. The van der Waals surface area contributed by atoms with Gasteiger partial charge in [-0.25, -0.2) is 4.79 Å². The molecule has 3 unspecified atom stereocenters. The van der Waals surface area contributed by atoms with Gasteiger partial charge in [-0.2, -0.15) is 0 Å². The number of rotatable bonds is 4. The van der Waals surface area contributed by atoms with E-state index in [0.717, 1.165) is 0 Å². The first-order valence-corrected chi connectivity index (χ1v) is 7.33. The smallest absolute Gasteiger partial charge is 0.329 e. The first kappa shape index (κ1) is 16.1. The molecule has 0 aromatic carbocycles. The van der Waals surface area contributed by atoms with Crippen LogP contribution in [0.1, 0.15) is 27.7 Å². The lowest BCUT2D eigenvalue weighted by Crippen LogP contribution is -2.44. The van der Waals surface area contributed by atoms with Crippen molar-refractivity contribution in [3.63, 3.8) is 0 Å². The third kappa shape index (κ3) is 3.12. The van der Waals surface area contributed by atoms with Crippen molar-refractivity contribution < 1.29 is 38.3 Å². The van der Waals surface area contributed by atoms with Crippen LogP contribution in [-0.2, 0) is 33.2 Å². The van der Waals surface area contributed by atoms with Gasteiger partial charge in [-0.05, 0) is 27.7 Å². The Bertz CT molecular complexity index is 448. The van der Waals surface area contributed by atoms with E-state index in [9.17, 15) is 4.79 Å². The van der Waals surface area contributed by atoms with E-state index in [1.54, 1.807) is 13.8 Å². The third-order valence-corrected chi connectivity index (χ3v) is 3.82. The Hall–Kier alpha value is -0.770. The summed E-state index contributed by atoms with van der Waals surface area (Å²) in [6.45, 7) is 7.08. The van der Waals surface area contributed by atoms with Gasteiger partial charge >= 0.3 is 5.97 Å². The number of ether oxygens (including phenoxy) is 6. The van der Waals surface area contributed by atoms with Gasteiger partial charge in [0.25, 0.3) is 0 Å². The maximum Gasteiger partial charge on any atom is 0.329 e. The summed E-state index contributed by atoms with van der Waals surface area (Å²) in [5.74, 6) is -2.55. The van der Waals surface area contributed by atoms with Crippen molar-refractivity contribution in [1.82, 2.24) is 0 Å². The monoisotopic (exact) mass is 318 g/mol. The Balaban J connectivity index is 1.73. The van der Waals surface area contributed by atoms with E-state index in [0.29, 0.717) is 6.61 Å². The second-order valence-corrected chi connectivity index (χ2v) is 6.61. The SMILES string of the molecule is CC1(C)OCC([C@H]2OC3OC(C)(C)OC3[C@H]2OCC(=O)O)O1. The zero-order valence-electron chi connectivity index (χ0n) is 13.1. The average molecular weight is 318 g/mol. The lowest BCUT2D eigenvalue weighted by atomic mass is 10.1. The van der Waals surface area contributed by atoms with Gasteiger partial charge < -0.3 is 33.5 Å². The van der Waals surface area contributed by atoms with Crippen LogP contribution < -0.4 is 0 Å². The van der Waals surface area contributed by atoms with Crippen LogP contribution in [0.15, 0.2) is 0 Å². The predicted octanol–water partition coefficient (Wildman–Crippen LogP) is 0.484. The average Bonchev–Trinajstić information content (AvgIpc) is 2.96. The highest BCUT2D eigenvalue weighted by atomic mass is 16.8. The van der Waals surface area contributed by atoms with Crippen LogP contribution in [0.4, 0.5) is 0 Å². The number of fused-ring (bicyclic) bond motifs is 1. The summed E-state index contributed by atoms with van der Waals surface area (Å²) in [6.07, 6.45) is -2.56. The lowest BCUT2D eigenvalue weighted by molar-refractivity contribution is -0.236. The molecule has 0 aromatic rings. The number of carboxylic acid groups (broad SMARTS) is 1. The van der Waals surface area contributed by atoms with E-state index in [1.165, 1.54) is 0 Å². The Morgan fingerprint density at radius 1 is 1.14 bits per heavy atom. The molecular formula is C14H22O8. The molecule has 0 aromatic heterocycles. The van der Waals surface area contributed by atoms with Crippen molar-refractivity contribution in [1.29, 1.82) is 0 Å².